The van der Waals surface area contributed by atoms with E-state index in [2.05, 4.69) is 15.3 Å². The smallest absolute Gasteiger partial charge is 0.433 e. The maximum absolute atomic E-state index is 13.4. The van der Waals surface area contributed by atoms with Gasteiger partial charge in [-0.05, 0) is 42.8 Å². The fourth-order valence-electron chi connectivity index (χ4n) is 2.92. The zero-order chi connectivity index (χ0) is 23.1. The van der Waals surface area contributed by atoms with Gasteiger partial charge < -0.3 is 10.1 Å². The molecule has 0 saturated carbocycles. The number of methoxy groups -OCH3 is 1. The van der Waals surface area contributed by atoms with Crippen molar-refractivity contribution in [3.05, 3.63) is 71.9 Å². The van der Waals surface area contributed by atoms with Gasteiger partial charge in [-0.1, -0.05) is 42.1 Å². The number of benzene rings is 2. The predicted molar refractivity (Wildman–Crippen MR) is 117 cm³/mol. The molecule has 1 heterocycles. The number of thioether (sulfide) groups is 1. The summed E-state index contributed by atoms with van der Waals surface area (Å²) in [5.41, 5.74) is 0.608. The normalized spacial score (nSPS) is 12.3. The van der Waals surface area contributed by atoms with Gasteiger partial charge in [0.25, 0.3) is 0 Å². The number of ether oxygens (including phenoxy) is 1. The number of carbonyl (C=O) groups is 1. The summed E-state index contributed by atoms with van der Waals surface area (Å²) in [5.74, 6) is 0.636. The summed E-state index contributed by atoms with van der Waals surface area (Å²) >= 11 is 1.01. The zero-order valence-electron chi connectivity index (χ0n) is 17.5. The van der Waals surface area contributed by atoms with Crippen molar-refractivity contribution < 1.29 is 22.7 Å². The van der Waals surface area contributed by atoms with Gasteiger partial charge >= 0.3 is 6.18 Å². The summed E-state index contributed by atoms with van der Waals surface area (Å²) in [6.45, 7) is 1.87. The summed E-state index contributed by atoms with van der Waals surface area (Å²) in [4.78, 5) is 20.1. The highest BCUT2D eigenvalue weighted by Gasteiger charge is 2.33. The Balaban J connectivity index is 1.68. The quantitative estimate of drug-likeness (QED) is 0.353. The molecular formula is C23H22F3N3O2S. The first-order chi connectivity index (χ1) is 15.3. The van der Waals surface area contributed by atoms with Crippen LogP contribution in [0.3, 0.4) is 0 Å². The van der Waals surface area contributed by atoms with Crippen LogP contribution < -0.4 is 10.1 Å². The van der Waals surface area contributed by atoms with E-state index >= 15 is 0 Å². The number of rotatable bonds is 8. The van der Waals surface area contributed by atoms with Gasteiger partial charge in [0.15, 0.2) is 5.16 Å². The lowest BCUT2D eigenvalue weighted by Crippen LogP contribution is -2.26. The molecule has 0 aliphatic rings. The molecule has 0 unspecified atom stereocenters. The van der Waals surface area contributed by atoms with Gasteiger partial charge in [-0.15, -0.1) is 0 Å². The molecule has 0 spiro atoms. The third-order valence-electron chi connectivity index (χ3n) is 4.62. The van der Waals surface area contributed by atoms with E-state index in [0.29, 0.717) is 11.3 Å². The van der Waals surface area contributed by atoms with E-state index in [0.717, 1.165) is 23.4 Å². The van der Waals surface area contributed by atoms with Crippen LogP contribution in [0.15, 0.2) is 65.8 Å². The number of amides is 1. The van der Waals surface area contributed by atoms with E-state index in [-0.39, 0.29) is 35.0 Å². The minimum atomic E-state index is -4.61. The average Bonchev–Trinajstić information content (AvgIpc) is 2.79. The Morgan fingerprint density at radius 1 is 1.09 bits per heavy atom. The van der Waals surface area contributed by atoms with Gasteiger partial charge in [-0.25, -0.2) is 9.97 Å². The monoisotopic (exact) mass is 461 g/mol. The van der Waals surface area contributed by atoms with Gasteiger partial charge in [-0.2, -0.15) is 13.2 Å². The van der Waals surface area contributed by atoms with Crippen molar-refractivity contribution in [2.75, 3.05) is 12.9 Å². The third kappa shape index (κ3) is 6.46. The number of nitrogens with one attached hydrogen (secondary N) is 1. The second-order valence-corrected chi connectivity index (χ2v) is 8.01. The fourth-order valence-corrected chi connectivity index (χ4v) is 3.71. The van der Waals surface area contributed by atoms with Gasteiger partial charge in [0.1, 0.15) is 11.4 Å². The van der Waals surface area contributed by atoms with Crippen molar-refractivity contribution >= 4 is 17.7 Å². The van der Waals surface area contributed by atoms with Crippen molar-refractivity contribution in [3.8, 4) is 17.0 Å². The first-order valence-electron chi connectivity index (χ1n) is 9.84. The van der Waals surface area contributed by atoms with E-state index in [9.17, 15) is 18.0 Å². The molecule has 0 fully saturated rings. The van der Waals surface area contributed by atoms with Gasteiger partial charge in [0.2, 0.25) is 5.91 Å². The Kier molecular flexibility index (Phi) is 7.74. The van der Waals surface area contributed by atoms with Crippen molar-refractivity contribution in [1.82, 2.24) is 15.3 Å². The second kappa shape index (κ2) is 10.5. The van der Waals surface area contributed by atoms with Gasteiger partial charge in [-0.3, -0.25) is 4.79 Å². The molecule has 1 aromatic heterocycles. The molecule has 168 valence electrons. The first-order valence-corrected chi connectivity index (χ1v) is 10.8. The number of hydrogen-bond donors (Lipinski definition) is 1. The van der Waals surface area contributed by atoms with Crippen LogP contribution >= 0.6 is 11.8 Å². The van der Waals surface area contributed by atoms with Crippen LogP contribution in [0.5, 0.6) is 5.75 Å². The lowest BCUT2D eigenvalue weighted by molar-refractivity contribution is -0.141. The third-order valence-corrected chi connectivity index (χ3v) is 5.47. The molecule has 0 saturated heterocycles. The number of carbonyl (C=O) groups excluding carboxylic acids is 1. The van der Waals surface area contributed by atoms with E-state index in [1.165, 1.54) is 7.11 Å². The van der Waals surface area contributed by atoms with Crippen LogP contribution in [-0.4, -0.2) is 28.7 Å². The highest BCUT2D eigenvalue weighted by molar-refractivity contribution is 7.99. The topological polar surface area (TPSA) is 64.1 Å². The molecule has 2 aromatic carbocycles. The average molecular weight is 462 g/mol. The summed E-state index contributed by atoms with van der Waals surface area (Å²) in [5, 5.41) is 2.85. The van der Waals surface area contributed by atoms with Crippen molar-refractivity contribution in [2.45, 2.75) is 30.7 Å². The summed E-state index contributed by atoms with van der Waals surface area (Å²) < 4.78 is 45.1. The Hall–Kier alpha value is -3.07. The highest BCUT2D eigenvalue weighted by Crippen LogP contribution is 2.32. The maximum atomic E-state index is 13.4. The van der Waals surface area contributed by atoms with Crippen LogP contribution in [0.1, 0.15) is 30.6 Å². The zero-order valence-corrected chi connectivity index (χ0v) is 18.3. The highest BCUT2D eigenvalue weighted by atomic mass is 32.2. The molecule has 0 aliphatic carbocycles. The molecule has 9 heteroatoms. The molecule has 0 bridgehead atoms. The molecule has 1 N–H and O–H groups in total. The van der Waals surface area contributed by atoms with E-state index in [4.69, 9.17) is 4.74 Å². The molecular weight excluding hydrogens is 439 g/mol. The molecule has 3 rings (SSSR count). The van der Waals surface area contributed by atoms with Crippen LogP contribution in [0, 0.1) is 0 Å². The standard InChI is InChI=1S/C23H22F3N3O2S/c1-15(16-6-4-3-5-7-16)27-21(30)12-13-32-22-28-19(14-20(29-22)23(24,25)26)17-8-10-18(31-2)11-9-17/h3-11,14-15H,12-13H2,1-2H3,(H,27,30)/t15-/m0/s1. The van der Waals surface area contributed by atoms with Gasteiger partial charge in [0, 0.05) is 17.7 Å². The van der Waals surface area contributed by atoms with Gasteiger partial charge in [0.05, 0.1) is 18.8 Å². The second-order valence-electron chi connectivity index (χ2n) is 6.95. The number of halogens is 3. The molecule has 1 atom stereocenters. The predicted octanol–water partition coefficient (Wildman–Crippen LogP) is 5.53. The number of hydrogen-bond acceptors (Lipinski definition) is 5. The first kappa shape index (κ1) is 23.6. The molecule has 5 nitrogen and oxygen atoms in total. The molecule has 32 heavy (non-hydrogen) atoms. The molecule has 0 radical (unpaired) electrons. The number of nitrogens with zero attached hydrogens (tertiary/aromatic N) is 2. The largest absolute Gasteiger partial charge is 0.497 e. The Labute approximate surface area is 188 Å². The minimum Gasteiger partial charge on any atom is -0.497 e. The summed E-state index contributed by atoms with van der Waals surface area (Å²) in [6, 6.07) is 16.8. The summed E-state index contributed by atoms with van der Waals surface area (Å²) in [7, 11) is 1.51. The minimum absolute atomic E-state index is 0.0328. The van der Waals surface area contributed by atoms with Crippen LogP contribution in [0.25, 0.3) is 11.3 Å². The SMILES string of the molecule is COc1ccc(-c2cc(C(F)(F)F)nc(SCCC(=O)N[C@@H](C)c3ccccc3)n2)cc1. The van der Waals surface area contributed by atoms with Crippen LogP contribution in [0.4, 0.5) is 13.2 Å². The van der Waals surface area contributed by atoms with E-state index in [1.807, 2.05) is 37.3 Å². The Morgan fingerprint density at radius 3 is 2.41 bits per heavy atom. The van der Waals surface area contributed by atoms with Crippen molar-refractivity contribution in [2.24, 2.45) is 0 Å². The molecule has 1 amide bonds. The molecule has 0 aliphatic heterocycles. The van der Waals surface area contributed by atoms with E-state index < -0.39 is 11.9 Å². The van der Waals surface area contributed by atoms with Crippen molar-refractivity contribution in [3.63, 3.8) is 0 Å². The van der Waals surface area contributed by atoms with Crippen LogP contribution in [-0.2, 0) is 11.0 Å². The number of aromatic nitrogens is 2. The Morgan fingerprint density at radius 2 is 1.78 bits per heavy atom. The molecule has 3 aromatic rings. The maximum Gasteiger partial charge on any atom is 0.433 e. The summed E-state index contributed by atoms with van der Waals surface area (Å²) in [6.07, 6.45) is -4.48. The Bertz CT molecular complexity index is 1040. The van der Waals surface area contributed by atoms with Crippen LogP contribution in [0.2, 0.25) is 0 Å². The lowest BCUT2D eigenvalue weighted by Gasteiger charge is -2.14. The van der Waals surface area contributed by atoms with Crippen molar-refractivity contribution in [1.29, 1.82) is 0 Å². The fraction of sp³-hybridized carbons (Fsp3) is 0.261. The van der Waals surface area contributed by atoms with E-state index in [1.54, 1.807) is 24.3 Å². The lowest BCUT2D eigenvalue weighted by atomic mass is 10.1. The number of alkyl halides is 3.